The van der Waals surface area contributed by atoms with E-state index >= 15 is 0 Å². The van der Waals surface area contributed by atoms with Gasteiger partial charge < -0.3 is 9.64 Å². The van der Waals surface area contributed by atoms with Crippen molar-refractivity contribution in [2.45, 2.75) is 31.8 Å². The van der Waals surface area contributed by atoms with Gasteiger partial charge in [0.25, 0.3) is 5.91 Å². The predicted molar refractivity (Wildman–Crippen MR) is 80.9 cm³/mol. The third-order valence-corrected chi connectivity index (χ3v) is 6.16. The van der Waals surface area contributed by atoms with E-state index in [4.69, 9.17) is 16.3 Å². The van der Waals surface area contributed by atoms with Crippen molar-refractivity contribution in [2.75, 3.05) is 44.4 Å². The minimum atomic E-state index is -3.22. The predicted octanol–water partition coefficient (Wildman–Crippen LogP) is 0.658. The minimum absolute atomic E-state index is 0.00619. The van der Waals surface area contributed by atoms with Crippen molar-refractivity contribution in [1.29, 1.82) is 0 Å². The zero-order valence-electron chi connectivity index (χ0n) is 12.2. The average molecular weight is 339 g/mol. The average Bonchev–Trinajstić information content (AvgIpc) is 3.01. The molecule has 0 saturated carbocycles. The molecule has 2 saturated heterocycles. The summed E-state index contributed by atoms with van der Waals surface area (Å²) >= 11 is 5.57. The quantitative estimate of drug-likeness (QED) is 0.527. The highest BCUT2D eigenvalue weighted by molar-refractivity contribution is 7.89. The van der Waals surface area contributed by atoms with Gasteiger partial charge in [0.1, 0.15) is 6.10 Å². The molecule has 2 heterocycles. The fraction of sp³-hybridized carbons (Fsp3) is 0.923. The monoisotopic (exact) mass is 338 g/mol. The SMILES string of the molecule is O=C(C1CCCO1)N1CCN(S(=O)(=O)CCCCCl)CC1. The van der Waals surface area contributed by atoms with E-state index in [1.54, 1.807) is 4.90 Å². The summed E-state index contributed by atoms with van der Waals surface area (Å²) in [7, 11) is -3.22. The number of alkyl halides is 1. The van der Waals surface area contributed by atoms with Crippen LogP contribution in [0, 0.1) is 0 Å². The Morgan fingerprint density at radius 3 is 2.48 bits per heavy atom. The number of unbranched alkanes of at least 4 members (excludes halogenated alkanes) is 1. The van der Waals surface area contributed by atoms with Crippen molar-refractivity contribution in [3.63, 3.8) is 0 Å². The second kappa shape index (κ2) is 7.76. The van der Waals surface area contributed by atoms with Crippen LogP contribution in [0.3, 0.4) is 0 Å². The zero-order chi connectivity index (χ0) is 15.3. The number of carbonyl (C=O) groups is 1. The highest BCUT2D eigenvalue weighted by Crippen LogP contribution is 2.17. The first-order chi connectivity index (χ1) is 10.0. The van der Waals surface area contributed by atoms with Gasteiger partial charge in [0.2, 0.25) is 10.0 Å². The number of rotatable bonds is 6. The Balaban J connectivity index is 1.80. The maximum atomic E-state index is 12.2. The summed E-state index contributed by atoms with van der Waals surface area (Å²) in [4.78, 5) is 13.9. The molecule has 0 bridgehead atoms. The van der Waals surface area contributed by atoms with Crippen LogP contribution in [0.15, 0.2) is 0 Å². The molecule has 0 aromatic carbocycles. The van der Waals surface area contributed by atoms with Crippen LogP contribution in [-0.4, -0.2) is 74.1 Å². The van der Waals surface area contributed by atoms with Crippen LogP contribution in [0.2, 0.25) is 0 Å². The molecule has 0 aromatic heterocycles. The molecule has 2 aliphatic heterocycles. The van der Waals surface area contributed by atoms with E-state index in [-0.39, 0.29) is 17.8 Å². The van der Waals surface area contributed by atoms with Gasteiger partial charge in [-0.05, 0) is 25.7 Å². The summed E-state index contributed by atoms with van der Waals surface area (Å²) in [5.41, 5.74) is 0. The van der Waals surface area contributed by atoms with E-state index in [1.807, 2.05) is 0 Å². The number of hydrogen-bond donors (Lipinski definition) is 0. The van der Waals surface area contributed by atoms with Crippen LogP contribution in [0.1, 0.15) is 25.7 Å². The van der Waals surface area contributed by atoms with E-state index < -0.39 is 10.0 Å². The summed E-state index contributed by atoms with van der Waals surface area (Å²) < 4.78 is 31.2. The van der Waals surface area contributed by atoms with Crippen molar-refractivity contribution in [1.82, 2.24) is 9.21 Å². The number of nitrogens with zero attached hydrogens (tertiary/aromatic N) is 2. The molecule has 1 unspecified atom stereocenters. The maximum absolute atomic E-state index is 12.2. The Hall–Kier alpha value is -0.370. The second-order valence-electron chi connectivity index (χ2n) is 5.44. The van der Waals surface area contributed by atoms with Gasteiger partial charge in [-0.3, -0.25) is 4.79 Å². The number of amides is 1. The molecule has 0 aliphatic carbocycles. The summed E-state index contributed by atoms with van der Waals surface area (Å²) in [6.45, 7) is 2.30. The third kappa shape index (κ3) is 4.55. The fourth-order valence-electron chi connectivity index (χ4n) is 2.67. The molecule has 1 atom stereocenters. The first-order valence-electron chi connectivity index (χ1n) is 7.49. The molecular formula is C13H23ClN2O4S. The Labute approximate surface area is 131 Å². The highest BCUT2D eigenvalue weighted by Gasteiger charge is 2.33. The number of ether oxygens (including phenoxy) is 1. The van der Waals surface area contributed by atoms with Crippen LogP contribution < -0.4 is 0 Å². The van der Waals surface area contributed by atoms with Crippen molar-refractivity contribution in [2.24, 2.45) is 0 Å². The molecule has 0 radical (unpaired) electrons. The van der Waals surface area contributed by atoms with Gasteiger partial charge in [0, 0.05) is 38.7 Å². The van der Waals surface area contributed by atoms with Crippen LogP contribution >= 0.6 is 11.6 Å². The molecule has 2 aliphatic rings. The van der Waals surface area contributed by atoms with Gasteiger partial charge in [-0.2, -0.15) is 4.31 Å². The molecule has 2 fully saturated rings. The van der Waals surface area contributed by atoms with Crippen LogP contribution in [0.25, 0.3) is 0 Å². The van der Waals surface area contributed by atoms with Gasteiger partial charge in [0.15, 0.2) is 0 Å². The first-order valence-corrected chi connectivity index (χ1v) is 9.63. The van der Waals surface area contributed by atoms with E-state index in [0.717, 1.165) is 12.8 Å². The summed E-state index contributed by atoms with van der Waals surface area (Å²) in [5.74, 6) is 0.630. The molecule has 21 heavy (non-hydrogen) atoms. The van der Waals surface area contributed by atoms with Crippen molar-refractivity contribution < 1.29 is 17.9 Å². The summed E-state index contributed by atoms with van der Waals surface area (Å²) in [6.07, 6.45) is 2.66. The second-order valence-corrected chi connectivity index (χ2v) is 7.90. The van der Waals surface area contributed by atoms with E-state index in [0.29, 0.717) is 51.5 Å². The number of hydrogen-bond acceptors (Lipinski definition) is 4. The molecule has 0 spiro atoms. The molecular weight excluding hydrogens is 316 g/mol. The maximum Gasteiger partial charge on any atom is 0.251 e. The fourth-order valence-corrected chi connectivity index (χ4v) is 4.41. The lowest BCUT2D eigenvalue weighted by molar-refractivity contribution is -0.142. The van der Waals surface area contributed by atoms with Crippen molar-refractivity contribution in [3.8, 4) is 0 Å². The lowest BCUT2D eigenvalue weighted by atomic mass is 10.2. The number of piperazine rings is 1. The Kier molecular flexibility index (Phi) is 6.28. The third-order valence-electron chi connectivity index (χ3n) is 3.93. The van der Waals surface area contributed by atoms with Gasteiger partial charge in [-0.25, -0.2) is 8.42 Å². The van der Waals surface area contributed by atoms with Gasteiger partial charge in [-0.1, -0.05) is 0 Å². The zero-order valence-corrected chi connectivity index (χ0v) is 13.7. The Morgan fingerprint density at radius 2 is 1.90 bits per heavy atom. The lowest BCUT2D eigenvalue weighted by Crippen LogP contribution is -2.53. The lowest BCUT2D eigenvalue weighted by Gasteiger charge is -2.35. The molecule has 0 aromatic rings. The largest absolute Gasteiger partial charge is 0.368 e. The van der Waals surface area contributed by atoms with E-state index in [2.05, 4.69) is 0 Å². The Morgan fingerprint density at radius 1 is 1.19 bits per heavy atom. The smallest absolute Gasteiger partial charge is 0.251 e. The molecule has 122 valence electrons. The number of carbonyl (C=O) groups excluding carboxylic acids is 1. The van der Waals surface area contributed by atoms with Crippen LogP contribution in [0.4, 0.5) is 0 Å². The molecule has 2 rings (SSSR count). The molecule has 6 nitrogen and oxygen atoms in total. The summed E-state index contributed by atoms with van der Waals surface area (Å²) in [5, 5.41) is 0. The molecule has 0 N–H and O–H groups in total. The molecule has 1 amide bonds. The normalized spacial score (nSPS) is 24.4. The van der Waals surface area contributed by atoms with Crippen molar-refractivity contribution in [3.05, 3.63) is 0 Å². The number of sulfonamides is 1. The van der Waals surface area contributed by atoms with Crippen LogP contribution in [0.5, 0.6) is 0 Å². The van der Waals surface area contributed by atoms with E-state index in [1.165, 1.54) is 4.31 Å². The van der Waals surface area contributed by atoms with E-state index in [9.17, 15) is 13.2 Å². The highest BCUT2D eigenvalue weighted by atomic mass is 35.5. The first kappa shape index (κ1) is 17.0. The minimum Gasteiger partial charge on any atom is -0.368 e. The van der Waals surface area contributed by atoms with Crippen molar-refractivity contribution >= 4 is 27.5 Å². The Bertz CT molecular complexity index is 443. The summed E-state index contributed by atoms with van der Waals surface area (Å²) in [6, 6.07) is 0. The molecule has 8 heteroatoms. The topological polar surface area (TPSA) is 66.9 Å². The number of halogens is 1. The standard InChI is InChI=1S/C13H23ClN2O4S/c14-5-1-2-11-21(18,19)16-8-6-15(7-9-16)13(17)12-4-3-10-20-12/h12H,1-11H2. The van der Waals surface area contributed by atoms with Gasteiger partial charge in [0.05, 0.1) is 5.75 Å². The van der Waals surface area contributed by atoms with Gasteiger partial charge >= 0.3 is 0 Å². The van der Waals surface area contributed by atoms with Crippen LogP contribution in [-0.2, 0) is 19.6 Å². The van der Waals surface area contributed by atoms with Gasteiger partial charge in [-0.15, -0.1) is 11.6 Å².